The van der Waals surface area contributed by atoms with Crippen molar-refractivity contribution in [3.63, 3.8) is 0 Å². The Labute approximate surface area is 177 Å². The fraction of sp³-hybridized carbons (Fsp3) is 0.381. The van der Waals surface area contributed by atoms with Crippen LogP contribution in [0.25, 0.3) is 0 Å². The number of likely N-dealkylation sites (tertiary alicyclic amines) is 1. The zero-order valence-corrected chi connectivity index (χ0v) is 16.9. The lowest BCUT2D eigenvalue weighted by Crippen LogP contribution is -2.43. The number of piperidine rings is 1. The van der Waals surface area contributed by atoms with Gasteiger partial charge in [-0.3, -0.25) is 4.79 Å². The molecule has 1 aromatic carbocycles. The highest BCUT2D eigenvalue weighted by Gasteiger charge is 2.30. The molecule has 0 spiro atoms. The number of carbonyl (C=O) groups excluding carboxylic acids is 2. The highest BCUT2D eigenvalue weighted by Crippen LogP contribution is 2.30. The lowest BCUT2D eigenvalue weighted by Gasteiger charge is -2.32. The van der Waals surface area contributed by atoms with E-state index in [4.69, 9.17) is 4.74 Å². The summed E-state index contributed by atoms with van der Waals surface area (Å²) in [5, 5.41) is 5.32. The molecule has 0 aliphatic carbocycles. The second kappa shape index (κ2) is 9.67. The zero-order chi connectivity index (χ0) is 22.4. The van der Waals surface area contributed by atoms with Gasteiger partial charge in [0.2, 0.25) is 11.8 Å². The number of urea groups is 1. The predicted molar refractivity (Wildman–Crippen MR) is 109 cm³/mol. The lowest BCUT2D eigenvalue weighted by molar-refractivity contribution is -0.137. The molecule has 0 atom stereocenters. The van der Waals surface area contributed by atoms with Crippen molar-refractivity contribution >= 4 is 23.3 Å². The molecule has 3 rings (SSSR count). The van der Waals surface area contributed by atoms with Crippen LogP contribution in [0.4, 0.5) is 29.3 Å². The maximum Gasteiger partial charge on any atom is 0.416 e. The first-order valence-electron chi connectivity index (χ1n) is 9.90. The van der Waals surface area contributed by atoms with Crippen LogP contribution in [0.5, 0.6) is 5.88 Å². The summed E-state index contributed by atoms with van der Waals surface area (Å²) in [6.45, 7) is 2.65. The number of hydrogen-bond donors (Lipinski definition) is 2. The van der Waals surface area contributed by atoms with Gasteiger partial charge in [0.05, 0.1) is 17.4 Å². The summed E-state index contributed by atoms with van der Waals surface area (Å²) in [5.41, 5.74) is 0.127. The van der Waals surface area contributed by atoms with Crippen LogP contribution in [0.15, 0.2) is 42.6 Å². The Morgan fingerprint density at radius 3 is 2.26 bits per heavy atom. The highest BCUT2D eigenvalue weighted by molar-refractivity contribution is 5.90. The first-order valence-corrected chi connectivity index (χ1v) is 9.90. The highest BCUT2D eigenvalue weighted by atomic mass is 19.4. The molecule has 0 saturated carbocycles. The number of nitrogens with one attached hydrogen (secondary N) is 2. The molecule has 0 radical (unpaired) electrons. The number of halogens is 3. The number of anilines is 2. The molecule has 0 unspecified atom stereocenters. The van der Waals surface area contributed by atoms with Crippen molar-refractivity contribution in [1.29, 1.82) is 0 Å². The number of hydrogen-bond acceptors (Lipinski definition) is 4. The molecule has 7 nitrogen and oxygen atoms in total. The molecule has 1 saturated heterocycles. The minimum atomic E-state index is -4.41. The van der Waals surface area contributed by atoms with Gasteiger partial charge in [-0.15, -0.1) is 0 Å². The number of alkyl halides is 3. The van der Waals surface area contributed by atoms with Crippen LogP contribution in [0.2, 0.25) is 0 Å². The van der Waals surface area contributed by atoms with Crippen molar-refractivity contribution in [2.45, 2.75) is 38.5 Å². The fourth-order valence-corrected chi connectivity index (χ4v) is 3.07. The molecule has 0 bridgehead atoms. The largest absolute Gasteiger partial charge is 0.474 e. The molecule has 3 amide bonds. The SMILES string of the molecule is CCC(=O)Nc1ccc(OC2CCN(C(=O)Nc3ccc(C(F)(F)F)cc3)CC2)nc1. The van der Waals surface area contributed by atoms with Gasteiger partial charge in [0.1, 0.15) is 6.10 Å². The Morgan fingerprint density at radius 1 is 1.06 bits per heavy atom. The van der Waals surface area contributed by atoms with Crippen LogP contribution >= 0.6 is 0 Å². The molecule has 1 aliphatic rings. The molecule has 10 heteroatoms. The zero-order valence-electron chi connectivity index (χ0n) is 16.9. The van der Waals surface area contributed by atoms with E-state index in [9.17, 15) is 22.8 Å². The summed E-state index contributed by atoms with van der Waals surface area (Å²) in [5.74, 6) is 0.333. The third kappa shape index (κ3) is 6.34. The third-order valence-corrected chi connectivity index (χ3v) is 4.82. The summed E-state index contributed by atoms with van der Waals surface area (Å²) in [6, 6.07) is 7.34. The maximum atomic E-state index is 12.6. The molecule has 1 aromatic heterocycles. The number of carbonyl (C=O) groups is 2. The molecular formula is C21H23F3N4O3. The summed E-state index contributed by atoms with van der Waals surface area (Å²) < 4.78 is 43.7. The number of amides is 3. The monoisotopic (exact) mass is 436 g/mol. The van der Waals surface area contributed by atoms with E-state index in [0.29, 0.717) is 49.6 Å². The summed E-state index contributed by atoms with van der Waals surface area (Å²) in [4.78, 5) is 29.5. The van der Waals surface area contributed by atoms with E-state index in [-0.39, 0.29) is 18.0 Å². The van der Waals surface area contributed by atoms with Gasteiger partial charge in [0, 0.05) is 44.1 Å². The third-order valence-electron chi connectivity index (χ3n) is 4.82. The van der Waals surface area contributed by atoms with Crippen molar-refractivity contribution in [3.8, 4) is 5.88 Å². The summed E-state index contributed by atoms with van der Waals surface area (Å²) in [6.07, 6.45) is -1.44. The quantitative estimate of drug-likeness (QED) is 0.722. The van der Waals surface area contributed by atoms with E-state index in [1.165, 1.54) is 18.3 Å². The standard InChI is InChI=1S/C21H23F3N4O3/c1-2-18(29)26-16-7-8-19(25-13-16)31-17-9-11-28(12-10-17)20(30)27-15-5-3-14(4-6-15)21(22,23)24/h3-8,13,17H,2,9-12H2,1H3,(H,26,29)(H,27,30). The van der Waals surface area contributed by atoms with Gasteiger partial charge < -0.3 is 20.3 Å². The molecule has 2 aromatic rings. The minimum absolute atomic E-state index is 0.0996. The second-order valence-corrected chi connectivity index (χ2v) is 7.10. The van der Waals surface area contributed by atoms with Gasteiger partial charge >= 0.3 is 12.2 Å². The average Bonchev–Trinajstić information content (AvgIpc) is 2.75. The Hall–Kier alpha value is -3.30. The Bertz CT molecular complexity index is 894. The molecule has 1 aliphatic heterocycles. The van der Waals surface area contributed by atoms with Crippen LogP contribution in [-0.4, -0.2) is 41.0 Å². The second-order valence-electron chi connectivity index (χ2n) is 7.10. The molecule has 31 heavy (non-hydrogen) atoms. The van der Waals surface area contributed by atoms with E-state index < -0.39 is 11.7 Å². The van der Waals surface area contributed by atoms with Gasteiger partial charge in [-0.05, 0) is 30.3 Å². The van der Waals surface area contributed by atoms with Crippen molar-refractivity contribution in [2.24, 2.45) is 0 Å². The first kappa shape index (κ1) is 22.4. The topological polar surface area (TPSA) is 83.6 Å². The number of benzene rings is 1. The van der Waals surface area contributed by atoms with E-state index >= 15 is 0 Å². The van der Waals surface area contributed by atoms with E-state index in [1.807, 2.05) is 0 Å². The predicted octanol–water partition coefficient (Wildman–Crippen LogP) is 4.52. The van der Waals surface area contributed by atoms with Crippen LogP contribution < -0.4 is 15.4 Å². The molecule has 2 N–H and O–H groups in total. The van der Waals surface area contributed by atoms with Crippen LogP contribution in [-0.2, 0) is 11.0 Å². The van der Waals surface area contributed by atoms with Crippen molar-refractivity contribution in [1.82, 2.24) is 9.88 Å². The number of pyridine rings is 1. The van der Waals surface area contributed by atoms with Crippen LogP contribution in [0.3, 0.4) is 0 Å². The van der Waals surface area contributed by atoms with E-state index in [0.717, 1.165) is 12.1 Å². The molecule has 166 valence electrons. The number of ether oxygens (including phenoxy) is 1. The minimum Gasteiger partial charge on any atom is -0.474 e. The van der Waals surface area contributed by atoms with Crippen LogP contribution in [0.1, 0.15) is 31.7 Å². The van der Waals surface area contributed by atoms with Crippen LogP contribution in [0, 0.1) is 0 Å². The summed E-state index contributed by atoms with van der Waals surface area (Å²) >= 11 is 0. The van der Waals surface area contributed by atoms with Crippen molar-refractivity contribution in [2.75, 3.05) is 23.7 Å². The smallest absolute Gasteiger partial charge is 0.416 e. The van der Waals surface area contributed by atoms with E-state index in [2.05, 4.69) is 15.6 Å². The van der Waals surface area contributed by atoms with E-state index in [1.54, 1.807) is 24.0 Å². The van der Waals surface area contributed by atoms with Gasteiger partial charge in [-0.2, -0.15) is 13.2 Å². The number of rotatable bonds is 5. The molecule has 2 heterocycles. The maximum absolute atomic E-state index is 12.6. The lowest BCUT2D eigenvalue weighted by atomic mass is 10.1. The Balaban J connectivity index is 1.45. The average molecular weight is 436 g/mol. The molecular weight excluding hydrogens is 413 g/mol. The Morgan fingerprint density at radius 2 is 1.71 bits per heavy atom. The van der Waals surface area contributed by atoms with Crippen molar-refractivity contribution < 1.29 is 27.5 Å². The fourth-order valence-electron chi connectivity index (χ4n) is 3.07. The summed E-state index contributed by atoms with van der Waals surface area (Å²) in [7, 11) is 0. The number of nitrogens with zero attached hydrogens (tertiary/aromatic N) is 2. The van der Waals surface area contributed by atoms with Gasteiger partial charge in [0.15, 0.2) is 0 Å². The first-order chi connectivity index (χ1) is 14.7. The van der Waals surface area contributed by atoms with Gasteiger partial charge in [-0.1, -0.05) is 6.92 Å². The van der Waals surface area contributed by atoms with Crippen molar-refractivity contribution in [3.05, 3.63) is 48.2 Å². The Kier molecular flexibility index (Phi) is 6.98. The number of aromatic nitrogens is 1. The molecule has 1 fully saturated rings. The normalized spacial score (nSPS) is 14.8. The van der Waals surface area contributed by atoms with Gasteiger partial charge in [0.25, 0.3) is 0 Å². The van der Waals surface area contributed by atoms with Gasteiger partial charge in [-0.25, -0.2) is 9.78 Å².